The monoisotopic (exact) mass is 265 g/mol. The van der Waals surface area contributed by atoms with E-state index in [0.717, 1.165) is 29.8 Å². The number of H-pyrrole nitrogens is 1. The molecule has 1 aliphatic heterocycles. The number of benzene rings is 2. The number of fused-ring (bicyclic) bond motifs is 2. The van der Waals surface area contributed by atoms with Crippen LogP contribution in [0.1, 0.15) is 17.3 Å². The second kappa shape index (κ2) is 4.27. The second-order valence-electron chi connectivity index (χ2n) is 5.26. The summed E-state index contributed by atoms with van der Waals surface area (Å²) < 4.78 is 0. The molecule has 0 saturated heterocycles. The van der Waals surface area contributed by atoms with E-state index in [0.29, 0.717) is 5.92 Å². The zero-order chi connectivity index (χ0) is 13.5. The van der Waals surface area contributed by atoms with Gasteiger partial charge in [0, 0.05) is 24.2 Å². The van der Waals surface area contributed by atoms with Crippen LogP contribution in [0.3, 0.4) is 0 Å². The molecule has 100 valence electrons. The molecule has 4 nitrogen and oxygen atoms in total. The van der Waals surface area contributed by atoms with Gasteiger partial charge in [-0.25, -0.2) is 4.98 Å². The topological polar surface area (TPSA) is 60.9 Å². The first-order valence-corrected chi connectivity index (χ1v) is 6.80. The maximum Gasteiger partial charge on any atom is 0.117 e. The Bertz CT molecular complexity index is 778. The number of phenolic OH excluding ortho intramolecular Hbond substituents is 1. The van der Waals surface area contributed by atoms with Crippen LogP contribution < -0.4 is 5.32 Å². The molecule has 1 unspecified atom stereocenters. The Labute approximate surface area is 116 Å². The average Bonchev–Trinajstić information content (AvgIpc) is 2.89. The van der Waals surface area contributed by atoms with E-state index in [1.807, 2.05) is 6.07 Å². The van der Waals surface area contributed by atoms with Crippen molar-refractivity contribution in [3.63, 3.8) is 0 Å². The number of phenols is 1. The minimum Gasteiger partial charge on any atom is -0.508 e. The van der Waals surface area contributed by atoms with Crippen molar-refractivity contribution in [3.05, 3.63) is 53.9 Å². The smallest absolute Gasteiger partial charge is 0.117 e. The standard InChI is InChI=1S/C16H15N3O/c20-12-5-6-14-15(8-12)19-16(18-14)11-7-10-3-1-2-4-13(10)17-9-11/h1-6,8,11,17,20H,7,9H2,(H,18,19). The molecule has 1 atom stereocenters. The van der Waals surface area contributed by atoms with Gasteiger partial charge < -0.3 is 15.4 Å². The average molecular weight is 265 g/mol. The van der Waals surface area contributed by atoms with Gasteiger partial charge in [-0.05, 0) is 30.2 Å². The lowest BCUT2D eigenvalue weighted by Crippen LogP contribution is -2.22. The summed E-state index contributed by atoms with van der Waals surface area (Å²) in [7, 11) is 0. The minimum atomic E-state index is 0.264. The van der Waals surface area contributed by atoms with E-state index in [4.69, 9.17) is 0 Å². The summed E-state index contributed by atoms with van der Waals surface area (Å²) in [5.41, 5.74) is 4.33. The molecule has 1 aromatic heterocycles. The number of aromatic amines is 1. The van der Waals surface area contributed by atoms with Crippen molar-refractivity contribution in [1.82, 2.24) is 9.97 Å². The fraction of sp³-hybridized carbons (Fsp3) is 0.188. The predicted molar refractivity (Wildman–Crippen MR) is 79.1 cm³/mol. The molecule has 4 rings (SSSR count). The van der Waals surface area contributed by atoms with E-state index < -0.39 is 0 Å². The molecule has 0 spiro atoms. The second-order valence-corrected chi connectivity index (χ2v) is 5.26. The third-order valence-electron chi connectivity index (χ3n) is 3.89. The zero-order valence-corrected chi connectivity index (χ0v) is 10.9. The van der Waals surface area contributed by atoms with Crippen LogP contribution in [-0.2, 0) is 6.42 Å². The number of rotatable bonds is 1. The van der Waals surface area contributed by atoms with Crippen LogP contribution >= 0.6 is 0 Å². The van der Waals surface area contributed by atoms with E-state index in [2.05, 4.69) is 39.6 Å². The molecule has 0 amide bonds. The lowest BCUT2D eigenvalue weighted by atomic mass is 9.93. The Morgan fingerprint density at radius 3 is 3.00 bits per heavy atom. The molecule has 20 heavy (non-hydrogen) atoms. The van der Waals surface area contributed by atoms with Gasteiger partial charge in [-0.3, -0.25) is 0 Å². The normalized spacial score (nSPS) is 17.7. The van der Waals surface area contributed by atoms with Crippen LogP contribution in [0.2, 0.25) is 0 Å². The largest absolute Gasteiger partial charge is 0.508 e. The number of anilines is 1. The van der Waals surface area contributed by atoms with Gasteiger partial charge in [0.1, 0.15) is 11.6 Å². The minimum absolute atomic E-state index is 0.264. The number of hydrogen-bond donors (Lipinski definition) is 3. The first-order valence-electron chi connectivity index (χ1n) is 6.80. The molecular formula is C16H15N3O. The molecule has 0 saturated carbocycles. The molecule has 2 aromatic carbocycles. The Morgan fingerprint density at radius 2 is 2.05 bits per heavy atom. The summed E-state index contributed by atoms with van der Waals surface area (Å²) in [6.45, 7) is 0.878. The molecule has 0 bridgehead atoms. The van der Waals surface area contributed by atoms with Gasteiger partial charge in [-0.2, -0.15) is 0 Å². The van der Waals surface area contributed by atoms with E-state index in [1.54, 1.807) is 12.1 Å². The fourth-order valence-corrected chi connectivity index (χ4v) is 2.85. The Balaban J connectivity index is 1.70. The van der Waals surface area contributed by atoms with Crippen LogP contribution in [0.25, 0.3) is 11.0 Å². The van der Waals surface area contributed by atoms with Crippen LogP contribution in [0, 0.1) is 0 Å². The zero-order valence-electron chi connectivity index (χ0n) is 10.9. The van der Waals surface area contributed by atoms with Crippen LogP contribution in [0.4, 0.5) is 5.69 Å². The van der Waals surface area contributed by atoms with Gasteiger partial charge in [0.15, 0.2) is 0 Å². The summed E-state index contributed by atoms with van der Waals surface area (Å²) in [6, 6.07) is 13.6. The molecule has 0 aliphatic carbocycles. The summed E-state index contributed by atoms with van der Waals surface area (Å²) in [4.78, 5) is 7.97. The van der Waals surface area contributed by atoms with E-state index in [-0.39, 0.29) is 5.75 Å². The van der Waals surface area contributed by atoms with Gasteiger partial charge >= 0.3 is 0 Å². The lowest BCUT2D eigenvalue weighted by molar-refractivity contribution is 0.476. The molecule has 0 fully saturated rings. The summed E-state index contributed by atoms with van der Waals surface area (Å²) in [6.07, 6.45) is 0.981. The predicted octanol–water partition coefficient (Wildman–Crippen LogP) is 3.02. The highest BCUT2D eigenvalue weighted by Gasteiger charge is 2.22. The van der Waals surface area contributed by atoms with Crippen LogP contribution in [-0.4, -0.2) is 21.6 Å². The number of hydrogen-bond acceptors (Lipinski definition) is 3. The summed E-state index contributed by atoms with van der Waals surface area (Å²) in [5.74, 6) is 1.58. The Hall–Kier alpha value is -2.49. The van der Waals surface area contributed by atoms with Crippen molar-refractivity contribution in [3.8, 4) is 5.75 Å². The molecule has 4 heteroatoms. The van der Waals surface area contributed by atoms with Crippen molar-refractivity contribution in [1.29, 1.82) is 0 Å². The third kappa shape index (κ3) is 1.81. The number of imidazole rings is 1. The lowest BCUT2D eigenvalue weighted by Gasteiger charge is -2.24. The molecule has 3 aromatic rings. The maximum atomic E-state index is 9.52. The highest BCUT2D eigenvalue weighted by Crippen LogP contribution is 2.30. The quantitative estimate of drug-likeness (QED) is 0.634. The van der Waals surface area contributed by atoms with Crippen molar-refractivity contribution >= 4 is 16.7 Å². The molecular weight excluding hydrogens is 250 g/mol. The molecule has 3 N–H and O–H groups in total. The van der Waals surface area contributed by atoms with Crippen molar-refractivity contribution < 1.29 is 5.11 Å². The first-order chi connectivity index (χ1) is 9.79. The van der Waals surface area contributed by atoms with E-state index in [9.17, 15) is 5.11 Å². The number of nitrogens with zero attached hydrogens (tertiary/aromatic N) is 1. The number of aromatic nitrogens is 2. The summed E-state index contributed by atoms with van der Waals surface area (Å²) in [5, 5.41) is 13.0. The SMILES string of the molecule is Oc1ccc2nc(C3CNc4ccccc4C3)[nH]c2c1. The van der Waals surface area contributed by atoms with E-state index in [1.165, 1.54) is 11.3 Å². The summed E-state index contributed by atoms with van der Waals surface area (Å²) >= 11 is 0. The van der Waals surface area contributed by atoms with Crippen molar-refractivity contribution in [2.75, 3.05) is 11.9 Å². The third-order valence-corrected chi connectivity index (χ3v) is 3.89. The fourth-order valence-electron chi connectivity index (χ4n) is 2.85. The maximum absolute atomic E-state index is 9.52. The van der Waals surface area contributed by atoms with Gasteiger partial charge in [-0.1, -0.05) is 18.2 Å². The highest BCUT2D eigenvalue weighted by atomic mass is 16.3. The van der Waals surface area contributed by atoms with Gasteiger partial charge in [0.2, 0.25) is 0 Å². The van der Waals surface area contributed by atoms with Crippen LogP contribution in [0.15, 0.2) is 42.5 Å². The van der Waals surface area contributed by atoms with E-state index >= 15 is 0 Å². The Morgan fingerprint density at radius 1 is 1.15 bits per heavy atom. The Kier molecular flexibility index (Phi) is 2.42. The van der Waals surface area contributed by atoms with Crippen molar-refractivity contribution in [2.45, 2.75) is 12.3 Å². The molecule has 0 radical (unpaired) electrons. The van der Waals surface area contributed by atoms with Gasteiger partial charge in [0.25, 0.3) is 0 Å². The van der Waals surface area contributed by atoms with Crippen LogP contribution in [0.5, 0.6) is 5.75 Å². The van der Waals surface area contributed by atoms with Gasteiger partial charge in [0.05, 0.1) is 11.0 Å². The van der Waals surface area contributed by atoms with Gasteiger partial charge in [-0.15, -0.1) is 0 Å². The first kappa shape index (κ1) is 11.3. The number of para-hydroxylation sites is 1. The number of aromatic hydroxyl groups is 1. The highest BCUT2D eigenvalue weighted by molar-refractivity contribution is 5.76. The number of nitrogens with one attached hydrogen (secondary N) is 2. The molecule has 2 heterocycles. The van der Waals surface area contributed by atoms with Crippen molar-refractivity contribution in [2.24, 2.45) is 0 Å². The molecule has 1 aliphatic rings.